The number of rotatable bonds is 5. The predicted molar refractivity (Wildman–Crippen MR) is 102 cm³/mol. The molecule has 0 spiro atoms. The molecule has 1 aliphatic carbocycles. The molecule has 9 heteroatoms. The molecule has 0 unspecified atom stereocenters. The summed E-state index contributed by atoms with van der Waals surface area (Å²) in [5, 5.41) is 5.70. The molecule has 1 fully saturated rings. The summed E-state index contributed by atoms with van der Waals surface area (Å²) in [6.07, 6.45) is 1.86. The van der Waals surface area contributed by atoms with E-state index < -0.39 is 34.6 Å². The van der Waals surface area contributed by atoms with Gasteiger partial charge in [0, 0.05) is 18.3 Å². The van der Waals surface area contributed by atoms with Gasteiger partial charge in [0.15, 0.2) is 0 Å². The van der Waals surface area contributed by atoms with Crippen LogP contribution in [0.3, 0.4) is 0 Å². The molecular formula is C19H28FN3O5. The monoisotopic (exact) mass is 397 g/mol. The van der Waals surface area contributed by atoms with Crippen molar-refractivity contribution < 1.29 is 23.5 Å². The van der Waals surface area contributed by atoms with Crippen LogP contribution in [0.5, 0.6) is 0 Å². The molecular weight excluding hydrogens is 369 g/mol. The number of esters is 1. The number of carbonyl (C=O) groups is 2. The van der Waals surface area contributed by atoms with Crippen LogP contribution in [-0.4, -0.2) is 40.8 Å². The van der Waals surface area contributed by atoms with Crippen molar-refractivity contribution >= 4 is 17.7 Å². The zero-order chi connectivity index (χ0) is 20.9. The van der Waals surface area contributed by atoms with Gasteiger partial charge in [-0.15, -0.1) is 0 Å². The second kappa shape index (κ2) is 8.62. The molecule has 0 aromatic carbocycles. The van der Waals surface area contributed by atoms with Crippen molar-refractivity contribution in [2.24, 2.45) is 0 Å². The lowest BCUT2D eigenvalue weighted by Gasteiger charge is -2.39. The lowest BCUT2D eigenvalue weighted by Crippen LogP contribution is -2.58. The van der Waals surface area contributed by atoms with Crippen LogP contribution in [0.25, 0.3) is 0 Å². The van der Waals surface area contributed by atoms with Gasteiger partial charge in [0.25, 0.3) is 5.56 Å². The molecule has 0 saturated heterocycles. The first-order valence-electron chi connectivity index (χ1n) is 9.38. The molecule has 1 saturated carbocycles. The minimum atomic E-state index is -1.19. The lowest BCUT2D eigenvalue weighted by molar-refractivity contribution is -0.152. The summed E-state index contributed by atoms with van der Waals surface area (Å²) in [4.78, 5) is 38.9. The quantitative estimate of drug-likeness (QED) is 0.659. The predicted octanol–water partition coefficient (Wildman–Crippen LogP) is 2.70. The first-order valence-corrected chi connectivity index (χ1v) is 9.38. The lowest BCUT2D eigenvalue weighted by atomic mass is 9.79. The van der Waals surface area contributed by atoms with E-state index in [9.17, 15) is 18.8 Å². The number of anilines is 1. The standard InChI is InChI=1S/C19H28FN3O5/c1-5-27-16(25)19(23-17(26)28-18(2,3)4)8-6-13(7-9-19)22-14-10-12(20)11-21-15(14)24/h10-11,13,22H,5-9H2,1-4H3,(H,21,24)(H,23,26). The summed E-state index contributed by atoms with van der Waals surface area (Å²) in [7, 11) is 0. The number of hydrogen-bond donors (Lipinski definition) is 3. The van der Waals surface area contributed by atoms with Crippen molar-refractivity contribution in [3.05, 3.63) is 28.4 Å². The van der Waals surface area contributed by atoms with Gasteiger partial charge >= 0.3 is 12.1 Å². The smallest absolute Gasteiger partial charge is 0.408 e. The van der Waals surface area contributed by atoms with Crippen molar-refractivity contribution in [3.63, 3.8) is 0 Å². The van der Waals surface area contributed by atoms with Crippen LogP contribution in [0.15, 0.2) is 17.1 Å². The third-order valence-corrected chi connectivity index (χ3v) is 4.47. The van der Waals surface area contributed by atoms with Gasteiger partial charge in [-0.2, -0.15) is 0 Å². The molecule has 0 atom stereocenters. The third kappa shape index (κ3) is 5.71. The molecule has 1 heterocycles. The Morgan fingerprint density at radius 2 is 1.96 bits per heavy atom. The number of amides is 1. The van der Waals surface area contributed by atoms with E-state index >= 15 is 0 Å². The first kappa shape index (κ1) is 21.7. The Kier molecular flexibility index (Phi) is 6.69. The number of pyridine rings is 1. The zero-order valence-corrected chi connectivity index (χ0v) is 16.7. The van der Waals surface area contributed by atoms with Gasteiger partial charge in [-0.05, 0) is 53.4 Å². The van der Waals surface area contributed by atoms with Gasteiger partial charge in [0.1, 0.15) is 22.6 Å². The second-order valence-electron chi connectivity index (χ2n) is 7.91. The number of ether oxygens (including phenoxy) is 2. The summed E-state index contributed by atoms with van der Waals surface area (Å²) >= 11 is 0. The maximum Gasteiger partial charge on any atom is 0.408 e. The van der Waals surface area contributed by atoms with Crippen LogP contribution >= 0.6 is 0 Å². The van der Waals surface area contributed by atoms with Crippen LogP contribution in [0, 0.1) is 5.82 Å². The Morgan fingerprint density at radius 1 is 1.32 bits per heavy atom. The summed E-state index contributed by atoms with van der Waals surface area (Å²) in [6, 6.07) is 0.983. The average molecular weight is 397 g/mol. The fourth-order valence-electron chi connectivity index (χ4n) is 3.19. The Hall–Kier alpha value is -2.58. The van der Waals surface area contributed by atoms with Crippen molar-refractivity contribution in [2.45, 2.75) is 70.6 Å². The van der Waals surface area contributed by atoms with Gasteiger partial charge < -0.3 is 25.1 Å². The van der Waals surface area contributed by atoms with Gasteiger partial charge in [-0.1, -0.05) is 0 Å². The first-order chi connectivity index (χ1) is 13.0. The molecule has 1 amide bonds. The van der Waals surface area contributed by atoms with E-state index in [2.05, 4.69) is 15.6 Å². The molecule has 1 aromatic heterocycles. The highest BCUT2D eigenvalue weighted by molar-refractivity contribution is 5.86. The summed E-state index contributed by atoms with van der Waals surface area (Å²) in [6.45, 7) is 7.10. The Labute approximate surface area is 163 Å². The van der Waals surface area contributed by atoms with E-state index in [4.69, 9.17) is 9.47 Å². The molecule has 1 aromatic rings. The normalized spacial score (nSPS) is 22.2. The van der Waals surface area contributed by atoms with Crippen LogP contribution in [0.4, 0.5) is 14.9 Å². The highest BCUT2D eigenvalue weighted by Crippen LogP contribution is 2.31. The van der Waals surface area contributed by atoms with E-state index in [0.29, 0.717) is 25.7 Å². The van der Waals surface area contributed by atoms with Gasteiger partial charge in [0.2, 0.25) is 0 Å². The van der Waals surface area contributed by atoms with E-state index in [0.717, 1.165) is 12.3 Å². The van der Waals surface area contributed by atoms with Crippen LogP contribution in [0.2, 0.25) is 0 Å². The van der Waals surface area contributed by atoms with Crippen molar-refractivity contribution in [1.29, 1.82) is 0 Å². The number of alkyl carbamates (subject to hydrolysis) is 1. The van der Waals surface area contributed by atoms with Crippen LogP contribution in [-0.2, 0) is 14.3 Å². The van der Waals surface area contributed by atoms with E-state index in [-0.39, 0.29) is 18.3 Å². The fourth-order valence-corrected chi connectivity index (χ4v) is 3.19. The summed E-state index contributed by atoms with van der Waals surface area (Å²) in [5.41, 5.74) is -2.17. The molecule has 3 N–H and O–H groups in total. The maximum atomic E-state index is 13.4. The minimum absolute atomic E-state index is 0.133. The Balaban J connectivity index is 2.08. The topological polar surface area (TPSA) is 110 Å². The molecule has 8 nitrogen and oxygen atoms in total. The number of carbonyl (C=O) groups excluding carboxylic acids is 2. The number of halogens is 1. The van der Waals surface area contributed by atoms with Crippen molar-refractivity contribution in [3.8, 4) is 0 Å². The summed E-state index contributed by atoms with van der Waals surface area (Å²) in [5.74, 6) is -1.06. The Bertz CT molecular complexity index is 764. The van der Waals surface area contributed by atoms with Crippen molar-refractivity contribution in [2.75, 3.05) is 11.9 Å². The summed E-state index contributed by atoms with van der Waals surface area (Å²) < 4.78 is 23.8. The molecule has 0 bridgehead atoms. The highest BCUT2D eigenvalue weighted by Gasteiger charge is 2.45. The molecule has 0 aliphatic heterocycles. The average Bonchev–Trinajstić information content (AvgIpc) is 2.58. The number of H-pyrrole nitrogens is 1. The second-order valence-corrected chi connectivity index (χ2v) is 7.91. The van der Waals surface area contributed by atoms with E-state index in [1.165, 1.54) is 0 Å². The molecule has 1 aliphatic rings. The fraction of sp³-hybridized carbons (Fsp3) is 0.632. The number of hydrogen-bond acceptors (Lipinski definition) is 6. The number of nitrogens with one attached hydrogen (secondary N) is 3. The molecule has 28 heavy (non-hydrogen) atoms. The largest absolute Gasteiger partial charge is 0.464 e. The molecule has 2 rings (SSSR count). The third-order valence-electron chi connectivity index (χ3n) is 4.47. The maximum absolute atomic E-state index is 13.4. The van der Waals surface area contributed by atoms with E-state index in [1.807, 2.05) is 0 Å². The van der Waals surface area contributed by atoms with E-state index in [1.54, 1.807) is 27.7 Å². The minimum Gasteiger partial charge on any atom is -0.464 e. The SMILES string of the molecule is CCOC(=O)C1(NC(=O)OC(C)(C)C)CCC(Nc2cc(F)c[nH]c2=O)CC1. The van der Waals surface area contributed by atoms with Crippen LogP contribution in [0.1, 0.15) is 53.4 Å². The molecule has 156 valence electrons. The van der Waals surface area contributed by atoms with Crippen LogP contribution < -0.4 is 16.2 Å². The number of aromatic amines is 1. The zero-order valence-electron chi connectivity index (χ0n) is 16.7. The van der Waals surface area contributed by atoms with Gasteiger partial charge in [0.05, 0.1) is 6.61 Å². The number of aromatic nitrogens is 1. The highest BCUT2D eigenvalue weighted by atomic mass is 19.1. The molecule has 0 radical (unpaired) electrons. The van der Waals surface area contributed by atoms with Gasteiger partial charge in [-0.3, -0.25) is 4.79 Å². The van der Waals surface area contributed by atoms with Crippen molar-refractivity contribution in [1.82, 2.24) is 10.3 Å². The Morgan fingerprint density at radius 3 is 2.54 bits per heavy atom. The van der Waals surface area contributed by atoms with Gasteiger partial charge in [-0.25, -0.2) is 14.0 Å².